The molecule has 0 aliphatic carbocycles. The molecule has 1 amide bonds. The van der Waals surface area contributed by atoms with Crippen molar-refractivity contribution < 1.29 is 32.6 Å². The summed E-state index contributed by atoms with van der Waals surface area (Å²) in [4.78, 5) is 27.1. The Labute approximate surface area is 153 Å². The van der Waals surface area contributed by atoms with E-state index in [-0.39, 0.29) is 15.2 Å². The molecule has 1 aromatic heterocycles. The first kappa shape index (κ1) is 20.7. The van der Waals surface area contributed by atoms with E-state index in [0.29, 0.717) is 11.3 Å². The van der Waals surface area contributed by atoms with Crippen molar-refractivity contribution in [3.05, 3.63) is 20.0 Å². The largest absolute Gasteiger partial charge is 0.478 e. The number of alkyl halides is 3. The van der Waals surface area contributed by atoms with Gasteiger partial charge in [-0.15, -0.1) is 11.3 Å². The van der Waals surface area contributed by atoms with Crippen LogP contribution in [0, 0.1) is 2.88 Å². The van der Waals surface area contributed by atoms with Crippen LogP contribution in [-0.2, 0) is 15.7 Å². The molecule has 134 valence electrons. The molecule has 1 aromatic rings. The first-order chi connectivity index (χ1) is 10.8. The van der Waals surface area contributed by atoms with E-state index in [0.717, 1.165) is 17.1 Å². The van der Waals surface area contributed by atoms with Gasteiger partial charge in [0.1, 0.15) is 8.48 Å². The monoisotopic (exact) mass is 478 g/mol. The number of anilines is 1. The molecule has 1 N–H and O–H groups in total. The quantitative estimate of drug-likeness (QED) is 0.520. The standard InChI is InChI=1S/C13H14F3IN2O4S/c1-12(2,3)23-11(22)19(6-4-5-7(20)21)9-8(17)24-10(18-9)13(14,15)16/h4-5H,6H2,1-3H3,(H,20,21). The summed E-state index contributed by atoms with van der Waals surface area (Å²) in [5.41, 5.74) is -0.875. The maximum atomic E-state index is 12.8. The lowest BCUT2D eigenvalue weighted by molar-refractivity contribution is -0.137. The topological polar surface area (TPSA) is 79.7 Å². The first-order valence-corrected chi connectivity index (χ1v) is 8.34. The molecular weight excluding hydrogens is 464 g/mol. The van der Waals surface area contributed by atoms with Crippen molar-refractivity contribution in [2.24, 2.45) is 0 Å². The Kier molecular flexibility index (Phi) is 6.61. The van der Waals surface area contributed by atoms with Crippen LogP contribution in [0.5, 0.6) is 0 Å². The van der Waals surface area contributed by atoms with Crippen molar-refractivity contribution in [1.29, 1.82) is 0 Å². The molecule has 0 saturated carbocycles. The molecule has 0 aliphatic heterocycles. The van der Waals surface area contributed by atoms with E-state index in [4.69, 9.17) is 9.84 Å². The number of carboxylic acids is 1. The molecule has 0 fully saturated rings. The zero-order chi connectivity index (χ0) is 18.7. The molecule has 11 heteroatoms. The number of carbonyl (C=O) groups is 2. The highest BCUT2D eigenvalue weighted by Crippen LogP contribution is 2.38. The number of carbonyl (C=O) groups excluding carboxylic acids is 1. The summed E-state index contributed by atoms with van der Waals surface area (Å²) in [7, 11) is 0. The highest BCUT2D eigenvalue weighted by Gasteiger charge is 2.37. The van der Waals surface area contributed by atoms with Crippen LogP contribution >= 0.6 is 33.9 Å². The fourth-order valence-corrected chi connectivity index (χ4v) is 3.11. The molecule has 24 heavy (non-hydrogen) atoms. The van der Waals surface area contributed by atoms with Gasteiger partial charge < -0.3 is 9.84 Å². The lowest BCUT2D eigenvalue weighted by Crippen LogP contribution is -2.37. The van der Waals surface area contributed by atoms with Gasteiger partial charge in [0.25, 0.3) is 0 Å². The van der Waals surface area contributed by atoms with Gasteiger partial charge in [-0.1, -0.05) is 6.08 Å². The van der Waals surface area contributed by atoms with Crippen LogP contribution < -0.4 is 4.90 Å². The first-order valence-electron chi connectivity index (χ1n) is 6.45. The predicted molar refractivity (Wildman–Crippen MR) is 90.2 cm³/mol. The van der Waals surface area contributed by atoms with Crippen LogP contribution in [0.15, 0.2) is 12.2 Å². The summed E-state index contributed by atoms with van der Waals surface area (Å²) < 4.78 is 43.7. The average molecular weight is 478 g/mol. The Morgan fingerprint density at radius 1 is 1.38 bits per heavy atom. The number of rotatable bonds is 4. The summed E-state index contributed by atoms with van der Waals surface area (Å²) in [6.45, 7) is 4.51. The van der Waals surface area contributed by atoms with Crippen molar-refractivity contribution in [3.8, 4) is 0 Å². The van der Waals surface area contributed by atoms with Crippen LogP contribution in [0.2, 0.25) is 0 Å². The smallest absolute Gasteiger partial charge is 0.443 e. The summed E-state index contributed by atoms with van der Waals surface area (Å²) in [5.74, 6) is -1.47. The van der Waals surface area contributed by atoms with E-state index < -0.39 is 28.8 Å². The number of thiazole rings is 1. The van der Waals surface area contributed by atoms with Crippen LogP contribution in [0.3, 0.4) is 0 Å². The Morgan fingerprint density at radius 3 is 2.38 bits per heavy atom. The minimum Gasteiger partial charge on any atom is -0.478 e. The average Bonchev–Trinajstić information content (AvgIpc) is 2.74. The van der Waals surface area contributed by atoms with Crippen LogP contribution in [0.1, 0.15) is 25.8 Å². The van der Waals surface area contributed by atoms with Gasteiger partial charge in [0.2, 0.25) is 5.01 Å². The second-order valence-electron chi connectivity index (χ2n) is 5.45. The van der Waals surface area contributed by atoms with Crippen molar-refractivity contribution >= 4 is 51.8 Å². The molecule has 0 aromatic carbocycles. The van der Waals surface area contributed by atoms with Crippen molar-refractivity contribution in [2.75, 3.05) is 11.4 Å². The highest BCUT2D eigenvalue weighted by molar-refractivity contribution is 14.1. The summed E-state index contributed by atoms with van der Waals surface area (Å²) in [6.07, 6.45) is -3.66. The Bertz CT molecular complexity index is 653. The van der Waals surface area contributed by atoms with Gasteiger partial charge in [-0.05, 0) is 43.4 Å². The summed E-state index contributed by atoms with van der Waals surface area (Å²) in [5, 5.41) is 7.50. The number of ether oxygens (including phenoxy) is 1. The number of aliphatic carboxylic acids is 1. The molecule has 0 spiro atoms. The second-order valence-corrected chi connectivity index (χ2v) is 8.26. The number of hydrogen-bond acceptors (Lipinski definition) is 5. The Balaban J connectivity index is 3.19. The maximum Gasteiger partial charge on any atom is 0.443 e. The second kappa shape index (κ2) is 7.68. The number of halogens is 4. The van der Waals surface area contributed by atoms with Gasteiger partial charge in [-0.2, -0.15) is 13.2 Å². The van der Waals surface area contributed by atoms with E-state index in [2.05, 4.69) is 4.98 Å². The lowest BCUT2D eigenvalue weighted by atomic mass is 10.2. The molecule has 0 atom stereocenters. The van der Waals surface area contributed by atoms with Crippen molar-refractivity contribution in [1.82, 2.24) is 4.98 Å². The van der Waals surface area contributed by atoms with E-state index in [1.165, 1.54) is 0 Å². The summed E-state index contributed by atoms with van der Waals surface area (Å²) in [6, 6.07) is 0. The van der Waals surface area contributed by atoms with Crippen LogP contribution in [0.25, 0.3) is 0 Å². The molecule has 0 saturated heterocycles. The molecule has 0 radical (unpaired) electrons. The fraction of sp³-hybridized carbons (Fsp3) is 0.462. The van der Waals surface area contributed by atoms with Gasteiger partial charge in [0.05, 0.1) is 0 Å². The highest BCUT2D eigenvalue weighted by atomic mass is 127. The van der Waals surface area contributed by atoms with Crippen molar-refractivity contribution in [3.63, 3.8) is 0 Å². The van der Waals surface area contributed by atoms with Gasteiger partial charge in [-0.25, -0.2) is 14.6 Å². The normalized spacial score (nSPS) is 12.5. The van der Waals surface area contributed by atoms with E-state index in [1.807, 2.05) is 0 Å². The number of nitrogens with zero attached hydrogens (tertiary/aromatic N) is 2. The number of carboxylic acid groups (broad SMARTS) is 1. The van der Waals surface area contributed by atoms with Gasteiger partial charge in [0, 0.05) is 12.6 Å². The van der Waals surface area contributed by atoms with Crippen LogP contribution in [-0.4, -0.2) is 34.3 Å². The molecule has 1 rings (SSSR count). The van der Waals surface area contributed by atoms with Gasteiger partial charge in [0.15, 0.2) is 5.82 Å². The predicted octanol–water partition coefficient (Wildman–Crippen LogP) is 4.15. The third-order valence-corrected chi connectivity index (χ3v) is 4.25. The van der Waals surface area contributed by atoms with Gasteiger partial charge >= 0.3 is 18.2 Å². The third kappa shape index (κ3) is 6.26. The van der Waals surface area contributed by atoms with E-state index in [9.17, 15) is 22.8 Å². The fourth-order valence-electron chi connectivity index (χ4n) is 1.40. The third-order valence-electron chi connectivity index (χ3n) is 2.23. The molecule has 6 nitrogen and oxygen atoms in total. The Morgan fingerprint density at radius 2 is 1.96 bits per heavy atom. The molecule has 0 unspecified atom stereocenters. The number of aromatic nitrogens is 1. The zero-order valence-electron chi connectivity index (χ0n) is 12.8. The number of amides is 1. The minimum absolute atomic E-state index is 0.134. The van der Waals surface area contributed by atoms with Crippen LogP contribution in [0.4, 0.5) is 23.8 Å². The number of hydrogen-bond donors (Lipinski definition) is 1. The molecule has 1 heterocycles. The summed E-state index contributed by atoms with van der Waals surface area (Å²) >= 11 is 2.02. The molecule has 0 aliphatic rings. The van der Waals surface area contributed by atoms with E-state index in [1.54, 1.807) is 43.4 Å². The zero-order valence-corrected chi connectivity index (χ0v) is 15.8. The van der Waals surface area contributed by atoms with E-state index >= 15 is 0 Å². The Hall–Kier alpha value is -1.37. The lowest BCUT2D eigenvalue weighted by Gasteiger charge is -2.25. The maximum absolute atomic E-state index is 12.8. The molecular formula is C13H14F3IN2O4S. The van der Waals surface area contributed by atoms with Crippen molar-refractivity contribution in [2.45, 2.75) is 32.5 Å². The van der Waals surface area contributed by atoms with Gasteiger partial charge in [-0.3, -0.25) is 4.90 Å². The SMILES string of the molecule is CC(C)(C)OC(=O)N(CC=CC(=O)O)c1nc(C(F)(F)F)sc1I. The minimum atomic E-state index is -4.64. The molecule has 0 bridgehead atoms.